The van der Waals surface area contributed by atoms with Crippen LogP contribution in [0.4, 0.5) is 0 Å². The molecule has 1 amide bonds. The summed E-state index contributed by atoms with van der Waals surface area (Å²) in [6.07, 6.45) is 0. The number of carbonyl (C=O) groups excluding carboxylic acids is 1. The third kappa shape index (κ3) is 4.84. The van der Waals surface area contributed by atoms with Crippen LogP contribution in [0.1, 0.15) is 42.5 Å². The first-order chi connectivity index (χ1) is 17.3. The minimum atomic E-state index is -0.148. The van der Waals surface area contributed by atoms with E-state index in [1.807, 2.05) is 51.9 Å². The molecule has 1 saturated heterocycles. The van der Waals surface area contributed by atoms with E-state index < -0.39 is 0 Å². The topological polar surface area (TPSA) is 63.0 Å². The molecule has 0 N–H and O–H groups in total. The average molecular weight is 484 g/mol. The third-order valence-electron chi connectivity index (χ3n) is 6.71. The Morgan fingerprint density at radius 3 is 2.33 bits per heavy atom. The minimum absolute atomic E-state index is 0.0495. The highest BCUT2D eigenvalue weighted by Crippen LogP contribution is 2.32. The number of nitrogens with zero attached hydrogens (tertiary/aromatic N) is 5. The second-order valence-corrected chi connectivity index (χ2v) is 10.3. The Kier molecular flexibility index (Phi) is 6.49. The minimum Gasteiger partial charge on any atom is -0.496 e. The van der Waals surface area contributed by atoms with Crippen molar-refractivity contribution in [2.75, 3.05) is 33.3 Å². The van der Waals surface area contributed by atoms with Gasteiger partial charge in [0.25, 0.3) is 5.91 Å². The van der Waals surface area contributed by atoms with E-state index in [0.29, 0.717) is 24.4 Å². The summed E-state index contributed by atoms with van der Waals surface area (Å²) in [5.41, 5.74) is 4.82. The molecule has 1 fully saturated rings. The molecule has 1 aliphatic heterocycles. The van der Waals surface area contributed by atoms with Crippen LogP contribution < -0.4 is 4.74 Å². The Morgan fingerprint density at radius 2 is 1.64 bits per heavy atom. The van der Waals surface area contributed by atoms with E-state index in [4.69, 9.17) is 14.8 Å². The van der Waals surface area contributed by atoms with Gasteiger partial charge in [-0.3, -0.25) is 9.69 Å². The number of fused-ring (bicyclic) bond motifs is 1. The quantitative estimate of drug-likeness (QED) is 0.413. The molecule has 0 saturated carbocycles. The highest BCUT2D eigenvalue weighted by molar-refractivity contribution is 5.94. The fourth-order valence-electron chi connectivity index (χ4n) is 4.61. The summed E-state index contributed by atoms with van der Waals surface area (Å²) >= 11 is 0. The summed E-state index contributed by atoms with van der Waals surface area (Å²) in [7, 11) is 1.65. The summed E-state index contributed by atoms with van der Waals surface area (Å²) in [5, 5.41) is 4.87. The molecule has 0 unspecified atom stereocenters. The van der Waals surface area contributed by atoms with Crippen molar-refractivity contribution < 1.29 is 9.53 Å². The van der Waals surface area contributed by atoms with Crippen molar-refractivity contribution in [1.82, 2.24) is 24.4 Å². The zero-order chi connectivity index (χ0) is 25.3. The van der Waals surface area contributed by atoms with Crippen molar-refractivity contribution in [2.45, 2.75) is 32.7 Å². The highest BCUT2D eigenvalue weighted by Gasteiger charge is 2.26. The normalized spacial score (nSPS) is 14.8. The molecular weight excluding hydrogens is 450 g/mol. The van der Waals surface area contributed by atoms with Gasteiger partial charge in [-0.15, -0.1) is 0 Å². The van der Waals surface area contributed by atoms with Gasteiger partial charge in [0.1, 0.15) is 11.4 Å². The van der Waals surface area contributed by atoms with Gasteiger partial charge in [-0.05, 0) is 23.8 Å². The SMILES string of the molecule is COc1ccccc1-c1cc(C(=O)N2CCN(Cc3ccccc3)CC2)nc2cc(C(C)(C)C)nn12. The number of hydrogen-bond acceptors (Lipinski definition) is 5. The number of rotatable bonds is 5. The first kappa shape index (κ1) is 24.0. The van der Waals surface area contributed by atoms with Gasteiger partial charge in [0.2, 0.25) is 0 Å². The zero-order valence-corrected chi connectivity index (χ0v) is 21.4. The van der Waals surface area contributed by atoms with Gasteiger partial charge in [-0.2, -0.15) is 5.10 Å². The molecule has 36 heavy (non-hydrogen) atoms. The lowest BCUT2D eigenvalue weighted by Crippen LogP contribution is -2.48. The van der Waals surface area contributed by atoms with Crippen LogP contribution >= 0.6 is 0 Å². The highest BCUT2D eigenvalue weighted by atomic mass is 16.5. The van der Waals surface area contributed by atoms with Crippen molar-refractivity contribution in [2.24, 2.45) is 0 Å². The van der Waals surface area contributed by atoms with Crippen molar-refractivity contribution in [3.63, 3.8) is 0 Å². The number of para-hydroxylation sites is 1. The maximum Gasteiger partial charge on any atom is 0.272 e. The molecular formula is C29H33N5O2. The predicted octanol–water partition coefficient (Wildman–Crippen LogP) is 4.66. The Labute approximate surface area is 212 Å². The molecule has 0 aliphatic carbocycles. The second kappa shape index (κ2) is 9.74. The largest absolute Gasteiger partial charge is 0.496 e. The van der Waals surface area contributed by atoms with Crippen LogP contribution in [-0.4, -0.2) is 63.6 Å². The van der Waals surface area contributed by atoms with Gasteiger partial charge in [0.15, 0.2) is 5.65 Å². The van der Waals surface area contributed by atoms with Crippen molar-refractivity contribution in [1.29, 1.82) is 0 Å². The molecule has 3 heterocycles. The summed E-state index contributed by atoms with van der Waals surface area (Å²) < 4.78 is 7.46. The van der Waals surface area contributed by atoms with Gasteiger partial charge < -0.3 is 9.64 Å². The fourth-order valence-corrected chi connectivity index (χ4v) is 4.61. The molecule has 2 aromatic carbocycles. The Morgan fingerprint density at radius 1 is 0.944 bits per heavy atom. The second-order valence-electron chi connectivity index (χ2n) is 10.3. The third-order valence-corrected chi connectivity index (χ3v) is 6.71. The predicted molar refractivity (Wildman–Crippen MR) is 141 cm³/mol. The van der Waals surface area contributed by atoms with Crippen LogP contribution in [0, 0.1) is 0 Å². The van der Waals surface area contributed by atoms with Gasteiger partial charge >= 0.3 is 0 Å². The van der Waals surface area contributed by atoms with E-state index in [-0.39, 0.29) is 11.3 Å². The molecule has 0 atom stereocenters. The molecule has 0 radical (unpaired) electrons. The number of ether oxygens (including phenoxy) is 1. The van der Waals surface area contributed by atoms with E-state index in [0.717, 1.165) is 42.3 Å². The van der Waals surface area contributed by atoms with Gasteiger partial charge in [0.05, 0.1) is 18.5 Å². The van der Waals surface area contributed by atoms with E-state index in [2.05, 4.69) is 49.9 Å². The fraction of sp³-hybridized carbons (Fsp3) is 0.345. The van der Waals surface area contributed by atoms with E-state index >= 15 is 0 Å². The van der Waals surface area contributed by atoms with E-state index in [9.17, 15) is 4.79 Å². The lowest BCUT2D eigenvalue weighted by molar-refractivity contribution is 0.0623. The first-order valence-electron chi connectivity index (χ1n) is 12.4. The summed E-state index contributed by atoms with van der Waals surface area (Å²) in [4.78, 5) is 22.7. The molecule has 2 aromatic heterocycles. The average Bonchev–Trinajstić information content (AvgIpc) is 3.34. The molecule has 5 rings (SSSR count). The number of amides is 1. The van der Waals surface area contributed by atoms with Crippen molar-refractivity contribution in [3.8, 4) is 17.0 Å². The summed E-state index contributed by atoms with van der Waals surface area (Å²) in [6.45, 7) is 10.3. The van der Waals surface area contributed by atoms with Crippen LogP contribution in [0.3, 0.4) is 0 Å². The number of piperazine rings is 1. The standard InChI is InChI=1S/C29H33N5O2/c1-29(2,3)26-19-27-30-23(18-24(34(27)31-26)22-12-8-9-13-25(22)36-4)28(35)33-16-14-32(15-17-33)20-21-10-6-5-7-11-21/h5-13,18-19H,14-17,20H2,1-4H3. The maximum absolute atomic E-state index is 13.6. The maximum atomic E-state index is 13.6. The van der Waals surface area contributed by atoms with Gasteiger partial charge in [-0.25, -0.2) is 9.50 Å². The lowest BCUT2D eigenvalue weighted by Gasteiger charge is -2.34. The Bertz CT molecular complexity index is 1370. The van der Waals surface area contributed by atoms with Crippen LogP contribution in [-0.2, 0) is 12.0 Å². The molecule has 186 valence electrons. The number of hydrogen-bond donors (Lipinski definition) is 0. The van der Waals surface area contributed by atoms with Crippen LogP contribution in [0.5, 0.6) is 5.75 Å². The van der Waals surface area contributed by atoms with E-state index in [1.54, 1.807) is 7.11 Å². The molecule has 4 aromatic rings. The summed E-state index contributed by atoms with van der Waals surface area (Å²) in [6, 6.07) is 22.1. The van der Waals surface area contributed by atoms with Crippen molar-refractivity contribution >= 4 is 11.6 Å². The van der Waals surface area contributed by atoms with E-state index in [1.165, 1.54) is 5.56 Å². The van der Waals surface area contributed by atoms with Crippen LogP contribution in [0.15, 0.2) is 66.7 Å². The van der Waals surface area contributed by atoms with Crippen LogP contribution in [0.25, 0.3) is 16.9 Å². The Balaban J connectivity index is 1.45. The molecule has 1 aliphatic rings. The number of methoxy groups -OCH3 is 1. The molecule has 7 nitrogen and oxygen atoms in total. The summed E-state index contributed by atoms with van der Waals surface area (Å²) in [5.74, 6) is 0.678. The monoisotopic (exact) mass is 483 g/mol. The molecule has 0 bridgehead atoms. The zero-order valence-electron chi connectivity index (χ0n) is 21.4. The smallest absolute Gasteiger partial charge is 0.272 e. The van der Waals surface area contributed by atoms with Crippen LogP contribution in [0.2, 0.25) is 0 Å². The Hall–Kier alpha value is -3.71. The van der Waals surface area contributed by atoms with Gasteiger partial charge in [-0.1, -0.05) is 63.2 Å². The first-order valence-corrected chi connectivity index (χ1v) is 12.4. The number of carbonyl (C=O) groups is 1. The number of aromatic nitrogens is 3. The molecule has 0 spiro atoms. The van der Waals surface area contributed by atoms with Crippen molar-refractivity contribution in [3.05, 3.63) is 83.7 Å². The van der Waals surface area contributed by atoms with Gasteiger partial charge in [0, 0.05) is 49.8 Å². The molecule has 7 heteroatoms. The lowest BCUT2D eigenvalue weighted by atomic mass is 9.93. The number of benzene rings is 2.